The molecule has 5 heterocycles. The second kappa shape index (κ2) is 13.9. The van der Waals surface area contributed by atoms with Crippen LogP contribution in [0, 0.1) is 12.3 Å². The number of nitrogens with one attached hydrogen (secondary N) is 2. The summed E-state index contributed by atoms with van der Waals surface area (Å²) in [6.07, 6.45) is 7.21. The number of piperidine rings is 2. The number of urea groups is 1. The van der Waals surface area contributed by atoms with Gasteiger partial charge in [0.25, 0.3) is 5.91 Å². The number of hydrogen-bond acceptors (Lipinski definition) is 8. The fourth-order valence-electron chi connectivity index (χ4n) is 6.85. The summed E-state index contributed by atoms with van der Waals surface area (Å²) in [5.74, 6) is 2.33. The number of halogens is 1. The molecular formula is C32H40ClN7O4S. The number of likely N-dealkylation sites (tertiary alicyclic amines) is 2. The average molecular weight is 654 g/mol. The Balaban J connectivity index is 1.11. The number of anilines is 2. The lowest BCUT2D eigenvalue weighted by atomic mass is 9.99. The fraction of sp³-hybridized carbons (Fsp3) is 0.531. The number of fused-ring (bicyclic) bond motifs is 1. The zero-order chi connectivity index (χ0) is 31.5. The third kappa shape index (κ3) is 7.02. The van der Waals surface area contributed by atoms with Gasteiger partial charge in [0.2, 0.25) is 0 Å². The van der Waals surface area contributed by atoms with Gasteiger partial charge in [-0.15, -0.1) is 17.8 Å². The van der Waals surface area contributed by atoms with E-state index in [0.717, 1.165) is 49.6 Å². The van der Waals surface area contributed by atoms with Crippen molar-refractivity contribution in [1.29, 1.82) is 0 Å². The predicted molar refractivity (Wildman–Crippen MR) is 175 cm³/mol. The number of amides is 4. The van der Waals surface area contributed by atoms with E-state index >= 15 is 0 Å². The van der Waals surface area contributed by atoms with Crippen LogP contribution in [-0.4, -0.2) is 108 Å². The molecule has 0 unspecified atom stereocenters. The highest BCUT2D eigenvalue weighted by molar-refractivity contribution is 7.14. The maximum Gasteiger partial charge on any atom is 0.410 e. The van der Waals surface area contributed by atoms with Crippen LogP contribution in [0.3, 0.4) is 0 Å². The Morgan fingerprint density at radius 3 is 2.47 bits per heavy atom. The Morgan fingerprint density at radius 1 is 1.07 bits per heavy atom. The fourth-order valence-corrected chi connectivity index (χ4v) is 7.89. The van der Waals surface area contributed by atoms with E-state index in [9.17, 15) is 14.4 Å². The molecule has 0 spiro atoms. The lowest BCUT2D eigenvalue weighted by Gasteiger charge is -2.41. The van der Waals surface area contributed by atoms with Crippen molar-refractivity contribution < 1.29 is 19.1 Å². The predicted octanol–water partition coefficient (Wildman–Crippen LogP) is 3.42. The van der Waals surface area contributed by atoms with Crippen LogP contribution in [0.2, 0.25) is 5.02 Å². The van der Waals surface area contributed by atoms with E-state index in [1.54, 1.807) is 17.0 Å². The highest BCUT2D eigenvalue weighted by Gasteiger charge is 2.37. The largest absolute Gasteiger partial charge is 0.436 e. The molecule has 0 saturated carbocycles. The molecule has 0 bridgehead atoms. The van der Waals surface area contributed by atoms with Crippen LogP contribution in [0.1, 0.15) is 42.4 Å². The minimum absolute atomic E-state index is 0.00983. The highest BCUT2D eigenvalue weighted by Crippen LogP contribution is 2.32. The maximum atomic E-state index is 13.9. The van der Waals surface area contributed by atoms with E-state index in [1.807, 2.05) is 21.2 Å². The van der Waals surface area contributed by atoms with Crippen molar-refractivity contribution in [3.05, 3.63) is 45.3 Å². The number of rotatable bonds is 6. The minimum atomic E-state index is -1.04. The van der Waals surface area contributed by atoms with Crippen LogP contribution in [0.4, 0.5) is 20.3 Å². The highest BCUT2D eigenvalue weighted by atomic mass is 35.5. The summed E-state index contributed by atoms with van der Waals surface area (Å²) in [5, 5.41) is 9.55. The van der Waals surface area contributed by atoms with Gasteiger partial charge in [0.1, 0.15) is 5.00 Å². The van der Waals surface area contributed by atoms with Crippen LogP contribution in [-0.2, 0) is 22.5 Å². The lowest BCUT2D eigenvalue weighted by Crippen LogP contribution is -2.54. The third-order valence-electron chi connectivity index (χ3n) is 9.46. The zero-order valence-corrected chi connectivity index (χ0v) is 26.9. The third-order valence-corrected chi connectivity index (χ3v) is 10.6. The van der Waals surface area contributed by atoms with Gasteiger partial charge in [0, 0.05) is 82.0 Å². The molecule has 3 fully saturated rings. The summed E-state index contributed by atoms with van der Waals surface area (Å²) in [5.41, 5.74) is 8.56. The number of ether oxygens (including phenoxy) is 1. The number of nitrogens with two attached hydrogens (primary N) is 1. The van der Waals surface area contributed by atoms with Crippen LogP contribution >= 0.6 is 22.9 Å². The monoisotopic (exact) mass is 653 g/mol. The number of terminal acetylenes is 1. The van der Waals surface area contributed by atoms with E-state index in [4.69, 9.17) is 28.5 Å². The van der Waals surface area contributed by atoms with Crippen LogP contribution < -0.4 is 16.4 Å². The van der Waals surface area contributed by atoms with Crippen LogP contribution in [0.15, 0.2) is 23.6 Å². The van der Waals surface area contributed by atoms with Crippen molar-refractivity contribution >= 4 is 51.7 Å². The van der Waals surface area contributed by atoms with Crippen LogP contribution in [0.25, 0.3) is 0 Å². The second-order valence-electron chi connectivity index (χ2n) is 12.2. The normalized spacial score (nSPS) is 20.7. The van der Waals surface area contributed by atoms with Gasteiger partial charge >= 0.3 is 12.1 Å². The minimum Gasteiger partial charge on any atom is -0.436 e. The Morgan fingerprint density at radius 2 is 1.76 bits per heavy atom. The summed E-state index contributed by atoms with van der Waals surface area (Å²) < 4.78 is 5.99. The molecule has 4 aliphatic heterocycles. The summed E-state index contributed by atoms with van der Waals surface area (Å²) in [6.45, 7) is 6.63. The number of nitrogens with zero attached hydrogens (tertiary/aromatic N) is 4. The molecule has 4 aliphatic rings. The molecule has 11 nitrogen and oxygen atoms in total. The van der Waals surface area contributed by atoms with E-state index in [-0.39, 0.29) is 24.4 Å². The van der Waals surface area contributed by atoms with Crippen molar-refractivity contribution in [2.45, 2.75) is 56.8 Å². The Hall–Kier alpha value is -3.50. The van der Waals surface area contributed by atoms with Gasteiger partial charge < -0.3 is 30.5 Å². The number of piperazine rings is 1. The van der Waals surface area contributed by atoms with Crippen LogP contribution in [0.5, 0.6) is 0 Å². The average Bonchev–Trinajstić information content (AvgIpc) is 3.53. The van der Waals surface area contributed by atoms with Crippen molar-refractivity contribution in [2.24, 2.45) is 0 Å². The second-order valence-corrected chi connectivity index (χ2v) is 13.5. The Kier molecular flexibility index (Phi) is 9.70. The quantitative estimate of drug-likeness (QED) is 0.323. The molecule has 240 valence electrons. The van der Waals surface area contributed by atoms with E-state index in [2.05, 4.69) is 21.5 Å². The van der Waals surface area contributed by atoms with Gasteiger partial charge in [-0.1, -0.05) is 17.5 Å². The summed E-state index contributed by atoms with van der Waals surface area (Å²) in [7, 11) is 0. The van der Waals surface area contributed by atoms with Gasteiger partial charge in [0.05, 0.1) is 17.3 Å². The molecule has 0 radical (unpaired) electrons. The lowest BCUT2D eigenvalue weighted by molar-refractivity contribution is -0.142. The molecule has 2 aromatic rings. The van der Waals surface area contributed by atoms with Crippen molar-refractivity contribution in [3.63, 3.8) is 0 Å². The molecule has 4 N–H and O–H groups in total. The molecule has 6 rings (SSSR count). The molecule has 4 amide bonds. The number of carbonyl (C=O) groups excluding carboxylic acids is 3. The maximum absolute atomic E-state index is 13.9. The van der Waals surface area contributed by atoms with Crippen molar-refractivity contribution in [1.82, 2.24) is 24.9 Å². The summed E-state index contributed by atoms with van der Waals surface area (Å²) >= 11 is 7.89. The molecule has 3 saturated heterocycles. The van der Waals surface area contributed by atoms with Gasteiger partial charge in [-0.2, -0.15) is 0 Å². The molecule has 1 atom stereocenters. The first kappa shape index (κ1) is 31.5. The number of benzene rings is 1. The first-order chi connectivity index (χ1) is 21.8. The van der Waals surface area contributed by atoms with Crippen molar-refractivity contribution in [3.8, 4) is 12.3 Å². The smallest absolute Gasteiger partial charge is 0.410 e. The number of thiophene rings is 1. The van der Waals surface area contributed by atoms with E-state index < -0.39 is 12.2 Å². The first-order valence-corrected chi connectivity index (χ1v) is 16.9. The van der Waals surface area contributed by atoms with Gasteiger partial charge in [-0.3, -0.25) is 15.0 Å². The molecule has 1 aromatic heterocycles. The SMILES string of the molecule is C#Cc1cc(C[C@@H](OC(=O)N2CCC(N3Cc4ccsc4NC3=O)CC2)C(=O)N2CCC(N3CCNCC3)CC2)cc(Cl)c1N. The Bertz CT molecular complexity index is 1460. The molecular weight excluding hydrogens is 614 g/mol. The topological polar surface area (TPSA) is 123 Å². The zero-order valence-electron chi connectivity index (χ0n) is 25.3. The van der Waals surface area contributed by atoms with Gasteiger partial charge in [-0.05, 0) is 54.8 Å². The number of carbonyl (C=O) groups is 3. The molecule has 1 aromatic carbocycles. The van der Waals surface area contributed by atoms with E-state index in [1.165, 1.54) is 11.3 Å². The summed E-state index contributed by atoms with van der Waals surface area (Å²) in [4.78, 5) is 48.0. The number of hydrogen-bond donors (Lipinski definition) is 3. The molecule has 45 heavy (non-hydrogen) atoms. The van der Waals surface area contributed by atoms with E-state index in [0.29, 0.717) is 73.4 Å². The van der Waals surface area contributed by atoms with Gasteiger partial charge in [0.15, 0.2) is 6.10 Å². The van der Waals surface area contributed by atoms with Gasteiger partial charge in [-0.25, -0.2) is 9.59 Å². The summed E-state index contributed by atoms with van der Waals surface area (Å²) in [6, 6.07) is 5.78. The Labute approximate surface area is 273 Å². The molecule has 0 aliphatic carbocycles. The first-order valence-electron chi connectivity index (χ1n) is 15.7. The number of nitrogen functional groups attached to an aromatic ring is 1. The molecule has 13 heteroatoms. The van der Waals surface area contributed by atoms with Crippen molar-refractivity contribution in [2.75, 3.05) is 63.4 Å². The standard InChI is InChI=1S/C32H40ClN7O4S/c1-2-22-17-21(18-26(33)28(22)34)19-27(30(41)38-10-3-24(4-11-38)37-14-8-35-9-15-37)44-32(43)39-12-5-25(6-13-39)40-20-23-7-16-45-29(23)36-31(40)42/h1,7,16-18,24-25,27,35H,3-6,8-15,19-20,34H2,(H,36,42)/t27-/m1/s1.